The Balaban J connectivity index is 1.49. The van der Waals surface area contributed by atoms with Gasteiger partial charge in [0.25, 0.3) is 17.7 Å². The Morgan fingerprint density at radius 1 is 1.26 bits per heavy atom. The van der Waals surface area contributed by atoms with Gasteiger partial charge in [-0.2, -0.15) is 0 Å². The molecule has 0 radical (unpaired) electrons. The molecule has 0 unspecified atom stereocenters. The van der Waals surface area contributed by atoms with Crippen LogP contribution in [0.5, 0.6) is 5.75 Å². The summed E-state index contributed by atoms with van der Waals surface area (Å²) >= 11 is 0. The van der Waals surface area contributed by atoms with E-state index in [0.717, 1.165) is 10.9 Å². The molecule has 0 bridgehead atoms. The van der Waals surface area contributed by atoms with Gasteiger partial charge in [-0.25, -0.2) is 0 Å². The molecule has 11 heteroatoms. The first-order valence-corrected chi connectivity index (χ1v) is 11.9. The molecule has 4 amide bonds. The fourth-order valence-corrected chi connectivity index (χ4v) is 4.23. The van der Waals surface area contributed by atoms with Crippen LogP contribution in [0.4, 0.5) is 0 Å². The first-order valence-electron chi connectivity index (χ1n) is 11.9. The van der Waals surface area contributed by atoms with Crippen molar-refractivity contribution in [2.24, 2.45) is 11.8 Å². The first-order chi connectivity index (χ1) is 16.8. The zero-order chi connectivity index (χ0) is 25.1. The summed E-state index contributed by atoms with van der Waals surface area (Å²) in [5.41, 5.74) is 3.71. The van der Waals surface area contributed by atoms with Crippen LogP contribution < -0.4 is 26.1 Å². The van der Waals surface area contributed by atoms with Crippen molar-refractivity contribution >= 4 is 34.5 Å². The van der Waals surface area contributed by atoms with Crippen LogP contribution in [0.3, 0.4) is 0 Å². The van der Waals surface area contributed by atoms with Gasteiger partial charge in [0, 0.05) is 24.0 Å². The number of methoxy groups -OCH3 is 1. The third-order valence-electron chi connectivity index (χ3n) is 6.20. The van der Waals surface area contributed by atoms with Crippen molar-refractivity contribution in [3.8, 4) is 5.75 Å². The lowest BCUT2D eigenvalue weighted by Gasteiger charge is -2.28. The molecule has 0 saturated carbocycles. The molecule has 1 aromatic heterocycles. The van der Waals surface area contributed by atoms with E-state index in [1.54, 1.807) is 19.2 Å². The van der Waals surface area contributed by atoms with E-state index >= 15 is 0 Å². The van der Waals surface area contributed by atoms with Gasteiger partial charge in [-0.15, -0.1) is 0 Å². The number of benzene rings is 1. The van der Waals surface area contributed by atoms with Crippen LogP contribution in [-0.4, -0.2) is 72.4 Å². The maximum atomic E-state index is 13.3. The predicted octanol–water partition coefficient (Wildman–Crippen LogP) is 0.289. The highest BCUT2D eigenvalue weighted by molar-refractivity contribution is 6.01. The van der Waals surface area contributed by atoms with Gasteiger partial charge in [0.2, 0.25) is 5.91 Å². The number of carbonyl (C=O) groups is 4. The highest BCUT2D eigenvalue weighted by Gasteiger charge is 2.37. The molecule has 3 atom stereocenters. The van der Waals surface area contributed by atoms with E-state index in [0.29, 0.717) is 37.4 Å². The summed E-state index contributed by atoms with van der Waals surface area (Å²) in [6, 6.07) is 5.88. The molecule has 4 rings (SSSR count). The Labute approximate surface area is 203 Å². The van der Waals surface area contributed by atoms with Crippen LogP contribution >= 0.6 is 0 Å². The third kappa shape index (κ3) is 5.73. The molecule has 0 spiro atoms. The largest absolute Gasteiger partial charge is 0.496 e. The second-order valence-corrected chi connectivity index (χ2v) is 9.42. The fraction of sp³-hybridized carbons (Fsp3) is 0.500. The lowest BCUT2D eigenvalue weighted by Crippen LogP contribution is -2.57. The van der Waals surface area contributed by atoms with Gasteiger partial charge in [0.05, 0.1) is 19.6 Å². The van der Waals surface area contributed by atoms with Crippen molar-refractivity contribution < 1.29 is 23.9 Å². The van der Waals surface area contributed by atoms with E-state index < -0.39 is 23.8 Å². The molecule has 2 aliphatic rings. The quantitative estimate of drug-likeness (QED) is 0.255. The lowest BCUT2D eigenvalue weighted by atomic mass is 10.0. The number of nitrogens with one attached hydrogen (secondary N) is 5. The van der Waals surface area contributed by atoms with E-state index in [2.05, 4.69) is 26.4 Å². The summed E-state index contributed by atoms with van der Waals surface area (Å²) in [6.45, 7) is 5.04. The summed E-state index contributed by atoms with van der Waals surface area (Å²) in [5.74, 6) is -1.04. The molecule has 35 heavy (non-hydrogen) atoms. The summed E-state index contributed by atoms with van der Waals surface area (Å²) in [5, 5.41) is 10.5. The third-order valence-corrected chi connectivity index (χ3v) is 6.20. The maximum Gasteiger partial charge on any atom is 0.268 e. The van der Waals surface area contributed by atoms with Crippen molar-refractivity contribution in [2.45, 2.75) is 38.8 Å². The van der Waals surface area contributed by atoms with Gasteiger partial charge in [-0.05, 0) is 37.0 Å². The first kappa shape index (κ1) is 24.5. The normalized spacial score (nSPS) is 19.8. The van der Waals surface area contributed by atoms with Crippen molar-refractivity contribution in [2.75, 3.05) is 26.7 Å². The van der Waals surface area contributed by atoms with E-state index in [-0.39, 0.29) is 30.3 Å². The number of aromatic nitrogens is 1. The van der Waals surface area contributed by atoms with Crippen LogP contribution in [0.15, 0.2) is 24.3 Å². The highest BCUT2D eigenvalue weighted by atomic mass is 16.5. The Morgan fingerprint density at radius 3 is 2.66 bits per heavy atom. The summed E-state index contributed by atoms with van der Waals surface area (Å²) in [4.78, 5) is 54.2. The van der Waals surface area contributed by atoms with Crippen LogP contribution in [0.1, 0.15) is 37.2 Å². The van der Waals surface area contributed by atoms with Crippen LogP contribution in [0, 0.1) is 11.8 Å². The smallest absolute Gasteiger partial charge is 0.268 e. The van der Waals surface area contributed by atoms with E-state index in [1.807, 2.05) is 26.0 Å². The molecule has 0 aliphatic carbocycles. The Bertz CT molecular complexity index is 1120. The van der Waals surface area contributed by atoms with Crippen LogP contribution in [0.25, 0.3) is 10.9 Å². The molecule has 11 nitrogen and oxygen atoms in total. The number of H-pyrrole nitrogens is 1. The van der Waals surface area contributed by atoms with Crippen molar-refractivity contribution in [3.63, 3.8) is 0 Å². The van der Waals surface area contributed by atoms with E-state index in [9.17, 15) is 19.2 Å². The fourth-order valence-electron chi connectivity index (χ4n) is 4.23. The maximum absolute atomic E-state index is 13.3. The monoisotopic (exact) mass is 484 g/mol. The molecule has 2 aromatic rings. The van der Waals surface area contributed by atoms with Gasteiger partial charge in [0.15, 0.2) is 0 Å². The minimum Gasteiger partial charge on any atom is -0.496 e. The number of carbonyl (C=O) groups excluding carboxylic acids is 4. The lowest BCUT2D eigenvalue weighted by molar-refractivity contribution is -0.143. The molecule has 188 valence electrons. The van der Waals surface area contributed by atoms with Gasteiger partial charge < -0.3 is 25.7 Å². The zero-order valence-corrected chi connectivity index (χ0v) is 20.1. The molecule has 2 aliphatic heterocycles. The average Bonchev–Trinajstić information content (AvgIpc) is 3.45. The van der Waals surface area contributed by atoms with E-state index in [1.165, 1.54) is 5.01 Å². The van der Waals surface area contributed by atoms with Crippen molar-refractivity contribution in [1.29, 1.82) is 0 Å². The second kappa shape index (κ2) is 10.3. The molecule has 5 N–H and O–H groups in total. The predicted molar refractivity (Wildman–Crippen MR) is 128 cm³/mol. The number of amides is 4. The van der Waals surface area contributed by atoms with Crippen molar-refractivity contribution in [1.82, 2.24) is 31.4 Å². The van der Waals surface area contributed by atoms with E-state index in [4.69, 9.17) is 4.74 Å². The Hall–Kier alpha value is -3.60. The van der Waals surface area contributed by atoms with Crippen LogP contribution in [0.2, 0.25) is 0 Å². The highest BCUT2D eigenvalue weighted by Crippen LogP contribution is 2.26. The molecule has 2 saturated heterocycles. The van der Waals surface area contributed by atoms with Crippen LogP contribution in [-0.2, 0) is 14.4 Å². The number of rotatable bonds is 9. The summed E-state index contributed by atoms with van der Waals surface area (Å²) in [7, 11) is 1.56. The summed E-state index contributed by atoms with van der Waals surface area (Å²) < 4.78 is 5.36. The Kier molecular flexibility index (Phi) is 7.25. The van der Waals surface area contributed by atoms with Gasteiger partial charge in [0.1, 0.15) is 23.5 Å². The number of fused-ring (bicyclic) bond motifs is 1. The number of hydrazine groups is 1. The molecular formula is C24H32N6O5. The number of aromatic amines is 1. The van der Waals surface area contributed by atoms with Crippen molar-refractivity contribution in [3.05, 3.63) is 30.0 Å². The minimum absolute atomic E-state index is 0.0821. The number of ether oxygens (including phenoxy) is 1. The zero-order valence-electron chi connectivity index (χ0n) is 20.1. The average molecular weight is 485 g/mol. The number of nitrogens with zero attached hydrogens (tertiary/aromatic N) is 1. The SMILES string of the molecule is COc1cccc2[nH]c(C(=O)N[C@@H](CC(C)C)C(=O)NN(C[C@@H]3CCNC3=O)C(=O)[C@@H]3CN3)cc12. The molecular weight excluding hydrogens is 452 g/mol. The van der Waals surface area contributed by atoms with Gasteiger partial charge >= 0.3 is 0 Å². The number of hydrogen-bond donors (Lipinski definition) is 5. The summed E-state index contributed by atoms with van der Waals surface area (Å²) in [6.07, 6.45) is 0.960. The molecule has 2 fully saturated rings. The second-order valence-electron chi connectivity index (χ2n) is 9.42. The minimum atomic E-state index is -0.879. The van der Waals surface area contributed by atoms with Gasteiger partial charge in [-0.1, -0.05) is 19.9 Å². The number of hydrogen-bond acceptors (Lipinski definition) is 6. The Morgan fingerprint density at radius 2 is 2.03 bits per heavy atom. The molecule has 3 heterocycles. The van der Waals surface area contributed by atoms with Gasteiger partial charge in [-0.3, -0.25) is 29.6 Å². The standard InChI is InChI=1S/C24H32N6O5/c1-13(2)9-17(28-22(32)18-10-15-16(27-18)5-4-6-20(15)35-3)23(33)29-30(24(34)19-11-26-19)12-14-7-8-25-21(14)31/h4-6,10,13-14,17,19,26-27H,7-9,11-12H2,1-3H3,(H,25,31)(H,28,32)(H,29,33)/t14-,17-,19-/m0/s1. The topological polar surface area (TPSA) is 155 Å². The molecule has 1 aromatic carbocycles.